The molecule has 0 aliphatic heterocycles. The van der Waals surface area contributed by atoms with Crippen LogP contribution >= 0.6 is 0 Å². The molecule has 0 saturated carbocycles. The third-order valence-electron chi connectivity index (χ3n) is 1.65. The van der Waals surface area contributed by atoms with Crippen LogP contribution in [0.3, 0.4) is 0 Å². The van der Waals surface area contributed by atoms with E-state index in [9.17, 15) is 9.59 Å². The molecule has 0 unspecified atom stereocenters. The summed E-state index contributed by atoms with van der Waals surface area (Å²) >= 11 is 0. The summed E-state index contributed by atoms with van der Waals surface area (Å²) in [5, 5.41) is 17.4. The number of para-hydroxylation sites is 1. The van der Waals surface area contributed by atoms with Crippen LogP contribution in [0.25, 0.3) is 0 Å². The van der Waals surface area contributed by atoms with Crippen molar-refractivity contribution in [1.29, 1.82) is 0 Å². The maximum absolute atomic E-state index is 10.7. The summed E-state index contributed by atoms with van der Waals surface area (Å²) in [6.07, 6.45) is 0. The lowest BCUT2D eigenvalue weighted by Gasteiger charge is -2.03. The third kappa shape index (κ3) is 1.61. The van der Waals surface area contributed by atoms with Gasteiger partial charge in [0.25, 0.3) is 0 Å². The largest absolute Gasteiger partial charge is 0.478 e. The highest BCUT2D eigenvalue weighted by Gasteiger charge is 2.16. The van der Waals surface area contributed by atoms with E-state index in [1.807, 2.05) is 0 Å². The first-order valence-electron chi connectivity index (χ1n) is 3.64. The number of rotatable bonds is 3. The van der Waals surface area contributed by atoms with Gasteiger partial charge >= 0.3 is 11.9 Å². The van der Waals surface area contributed by atoms with Crippen molar-refractivity contribution in [3.05, 3.63) is 29.3 Å². The Morgan fingerprint density at radius 1 is 1.14 bits per heavy atom. The van der Waals surface area contributed by atoms with Crippen molar-refractivity contribution in [2.45, 2.75) is 0 Å². The van der Waals surface area contributed by atoms with E-state index >= 15 is 0 Å². The van der Waals surface area contributed by atoms with Gasteiger partial charge in [-0.15, -0.1) is 0 Å². The van der Waals surface area contributed by atoms with Crippen molar-refractivity contribution in [2.24, 2.45) is 4.99 Å². The smallest absolute Gasteiger partial charge is 0.337 e. The molecule has 0 amide bonds. The van der Waals surface area contributed by atoms with Crippen LogP contribution in [-0.4, -0.2) is 28.9 Å². The van der Waals surface area contributed by atoms with Gasteiger partial charge in [0.15, 0.2) is 0 Å². The van der Waals surface area contributed by atoms with Crippen molar-refractivity contribution in [1.82, 2.24) is 0 Å². The molecule has 0 radical (unpaired) electrons. The molecule has 5 heteroatoms. The standard InChI is InChI=1S/C9H7NO4/c1-10-7-5(8(11)12)3-2-4-6(7)9(13)14/h2-4H,1H2,(H,11,12)(H,13,14). The number of aliphatic imine (C=N–C) groups is 1. The average Bonchev–Trinajstić information content (AvgIpc) is 2.16. The second kappa shape index (κ2) is 3.69. The van der Waals surface area contributed by atoms with Gasteiger partial charge in [0.1, 0.15) is 0 Å². The quantitative estimate of drug-likeness (QED) is 0.710. The molecule has 0 aromatic heterocycles. The van der Waals surface area contributed by atoms with E-state index in [1.165, 1.54) is 18.2 Å². The maximum Gasteiger partial charge on any atom is 0.337 e. The van der Waals surface area contributed by atoms with Gasteiger partial charge in [0, 0.05) is 0 Å². The molecule has 1 aromatic carbocycles. The zero-order valence-corrected chi connectivity index (χ0v) is 7.10. The molecule has 0 aliphatic carbocycles. The number of benzene rings is 1. The second-order valence-electron chi connectivity index (χ2n) is 2.47. The van der Waals surface area contributed by atoms with Crippen LogP contribution < -0.4 is 0 Å². The van der Waals surface area contributed by atoms with Gasteiger partial charge < -0.3 is 10.2 Å². The van der Waals surface area contributed by atoms with Crippen LogP contribution in [0, 0.1) is 0 Å². The zero-order valence-electron chi connectivity index (χ0n) is 7.10. The topological polar surface area (TPSA) is 87.0 Å². The Morgan fingerprint density at radius 3 is 1.86 bits per heavy atom. The SMILES string of the molecule is C=Nc1c(C(=O)O)cccc1C(=O)O. The fourth-order valence-corrected chi connectivity index (χ4v) is 1.06. The summed E-state index contributed by atoms with van der Waals surface area (Å²) in [5.74, 6) is -2.45. The first-order chi connectivity index (χ1) is 6.57. The van der Waals surface area contributed by atoms with Gasteiger partial charge in [0.2, 0.25) is 0 Å². The fraction of sp³-hybridized carbons (Fsp3) is 0. The highest BCUT2D eigenvalue weighted by Crippen LogP contribution is 2.23. The van der Waals surface area contributed by atoms with Crippen molar-refractivity contribution >= 4 is 24.3 Å². The predicted molar refractivity (Wildman–Crippen MR) is 49.6 cm³/mol. The molecular formula is C9H7NO4. The lowest BCUT2D eigenvalue weighted by molar-refractivity contribution is 0.0696. The summed E-state index contributed by atoms with van der Waals surface area (Å²) < 4.78 is 0. The third-order valence-corrected chi connectivity index (χ3v) is 1.65. The summed E-state index contributed by atoms with van der Waals surface area (Å²) in [4.78, 5) is 24.8. The number of hydrogen-bond donors (Lipinski definition) is 2. The first kappa shape index (κ1) is 9.91. The minimum absolute atomic E-state index is 0.118. The molecular weight excluding hydrogens is 186 g/mol. The molecule has 2 N–H and O–H groups in total. The number of nitrogens with zero attached hydrogens (tertiary/aromatic N) is 1. The Kier molecular flexibility index (Phi) is 2.62. The van der Waals surface area contributed by atoms with Gasteiger partial charge in [-0.25, -0.2) is 9.59 Å². The van der Waals surface area contributed by atoms with Gasteiger partial charge in [-0.3, -0.25) is 4.99 Å². The van der Waals surface area contributed by atoms with E-state index in [-0.39, 0.29) is 16.8 Å². The van der Waals surface area contributed by atoms with Crippen molar-refractivity contribution < 1.29 is 19.8 Å². The molecule has 0 atom stereocenters. The van der Waals surface area contributed by atoms with Gasteiger partial charge in [-0.05, 0) is 18.9 Å². The molecule has 1 aromatic rings. The Hall–Kier alpha value is -2.17. The molecule has 0 heterocycles. The Balaban J connectivity index is 3.47. The molecule has 14 heavy (non-hydrogen) atoms. The Labute approximate surface area is 79.3 Å². The van der Waals surface area contributed by atoms with Crippen LogP contribution in [-0.2, 0) is 0 Å². The van der Waals surface area contributed by atoms with Crippen LogP contribution in [0.2, 0.25) is 0 Å². The molecule has 0 saturated heterocycles. The van der Waals surface area contributed by atoms with E-state index in [2.05, 4.69) is 11.7 Å². The van der Waals surface area contributed by atoms with Crippen LogP contribution in [0.15, 0.2) is 23.2 Å². The van der Waals surface area contributed by atoms with E-state index in [1.54, 1.807) is 0 Å². The van der Waals surface area contributed by atoms with Crippen molar-refractivity contribution in [3.8, 4) is 0 Å². The molecule has 0 bridgehead atoms. The number of carbonyl (C=O) groups is 2. The Bertz CT molecular complexity index is 379. The molecule has 0 spiro atoms. The summed E-state index contributed by atoms with van der Waals surface area (Å²) in [6.45, 7) is 3.14. The molecule has 0 fully saturated rings. The Morgan fingerprint density at radius 2 is 1.57 bits per heavy atom. The first-order valence-corrected chi connectivity index (χ1v) is 3.64. The van der Waals surface area contributed by atoms with E-state index in [4.69, 9.17) is 10.2 Å². The lowest BCUT2D eigenvalue weighted by Crippen LogP contribution is -2.03. The second-order valence-corrected chi connectivity index (χ2v) is 2.47. The monoisotopic (exact) mass is 193 g/mol. The zero-order chi connectivity index (χ0) is 10.7. The van der Waals surface area contributed by atoms with E-state index < -0.39 is 11.9 Å². The van der Waals surface area contributed by atoms with Gasteiger partial charge in [0.05, 0.1) is 16.8 Å². The predicted octanol–water partition coefficient (Wildman–Crippen LogP) is 1.42. The molecule has 5 nitrogen and oxygen atoms in total. The molecule has 72 valence electrons. The average molecular weight is 193 g/mol. The lowest BCUT2D eigenvalue weighted by atomic mass is 10.1. The minimum atomic E-state index is -1.23. The number of hydrogen-bond acceptors (Lipinski definition) is 3. The number of carboxylic acids is 2. The van der Waals surface area contributed by atoms with Crippen LogP contribution in [0.1, 0.15) is 20.7 Å². The van der Waals surface area contributed by atoms with Gasteiger partial charge in [-0.2, -0.15) is 0 Å². The molecule has 1 rings (SSSR count). The van der Waals surface area contributed by atoms with E-state index in [0.29, 0.717) is 0 Å². The highest BCUT2D eigenvalue weighted by atomic mass is 16.4. The minimum Gasteiger partial charge on any atom is -0.478 e. The van der Waals surface area contributed by atoms with Crippen LogP contribution in [0.5, 0.6) is 0 Å². The van der Waals surface area contributed by atoms with Crippen LogP contribution in [0.4, 0.5) is 5.69 Å². The molecule has 0 aliphatic rings. The normalized spacial score (nSPS) is 9.43. The fourth-order valence-electron chi connectivity index (χ4n) is 1.06. The highest BCUT2D eigenvalue weighted by molar-refractivity contribution is 6.02. The maximum atomic E-state index is 10.7. The van der Waals surface area contributed by atoms with Crippen molar-refractivity contribution in [3.63, 3.8) is 0 Å². The number of aromatic carboxylic acids is 2. The summed E-state index contributed by atoms with van der Waals surface area (Å²) in [6, 6.07) is 3.90. The summed E-state index contributed by atoms with van der Waals surface area (Å²) in [5.41, 5.74) is -0.452. The van der Waals surface area contributed by atoms with E-state index in [0.717, 1.165) is 0 Å². The van der Waals surface area contributed by atoms with Crippen molar-refractivity contribution in [2.75, 3.05) is 0 Å². The number of carboxylic acid groups (broad SMARTS) is 2. The van der Waals surface area contributed by atoms with Gasteiger partial charge in [-0.1, -0.05) is 6.07 Å². The summed E-state index contributed by atoms with van der Waals surface area (Å²) in [7, 11) is 0.